The van der Waals surface area contributed by atoms with Crippen molar-refractivity contribution in [3.8, 4) is 22.8 Å². The first-order valence-electron chi connectivity index (χ1n) is 13.5. The molecular formula is C32H37N3O5. The van der Waals surface area contributed by atoms with E-state index in [1.54, 1.807) is 43.1 Å². The molecule has 1 saturated carbocycles. The predicted octanol–water partition coefficient (Wildman–Crippen LogP) is 6.69. The SMILES string of the molecule is CC1CCC1.COC(=O)c1ccc(C(C)CC(=O)c2cc3nccc(-c4ccc(OC)c(OC)c4)n3n2)c(C)c1. The average Bonchev–Trinajstić information content (AvgIpc) is 3.40. The molecule has 0 spiro atoms. The maximum atomic E-state index is 13.1. The van der Waals surface area contributed by atoms with Crippen LogP contribution in [-0.4, -0.2) is 47.7 Å². The summed E-state index contributed by atoms with van der Waals surface area (Å²) in [7, 11) is 4.52. The van der Waals surface area contributed by atoms with Crippen LogP contribution in [0.2, 0.25) is 0 Å². The van der Waals surface area contributed by atoms with Gasteiger partial charge in [-0.05, 0) is 66.3 Å². The second-order valence-corrected chi connectivity index (χ2v) is 10.3. The van der Waals surface area contributed by atoms with E-state index >= 15 is 0 Å². The van der Waals surface area contributed by atoms with Crippen molar-refractivity contribution in [2.75, 3.05) is 21.3 Å². The molecule has 8 nitrogen and oxygen atoms in total. The molecule has 40 heavy (non-hydrogen) atoms. The Balaban J connectivity index is 0.000000666. The Bertz CT molecular complexity index is 1510. The molecule has 1 atom stereocenters. The summed E-state index contributed by atoms with van der Waals surface area (Å²) in [5.41, 5.74) is 4.97. The van der Waals surface area contributed by atoms with E-state index in [-0.39, 0.29) is 24.1 Å². The molecule has 0 amide bonds. The third-order valence-corrected chi connectivity index (χ3v) is 7.43. The molecule has 5 rings (SSSR count). The van der Waals surface area contributed by atoms with E-state index in [4.69, 9.17) is 14.2 Å². The van der Waals surface area contributed by atoms with Gasteiger partial charge in [0, 0.05) is 24.2 Å². The standard InChI is InChI=1S/C27H27N3O5.C5H10/c1-16-12-19(27(32)35-5)6-8-20(16)17(2)13-23(31)21-15-26-28-11-10-22(30(26)29-21)18-7-9-24(33-3)25(14-18)34-4;1-5-3-2-4-5/h6-12,14-15,17H,13H2,1-5H3;5H,2-4H2,1H3. The zero-order valence-corrected chi connectivity index (χ0v) is 24.1. The Morgan fingerprint density at radius 1 is 1.00 bits per heavy atom. The molecule has 1 aliphatic rings. The van der Waals surface area contributed by atoms with Crippen molar-refractivity contribution in [2.24, 2.45) is 5.92 Å². The molecule has 1 unspecified atom stereocenters. The minimum absolute atomic E-state index is 0.0581. The molecule has 0 aliphatic heterocycles. The van der Waals surface area contributed by atoms with Crippen LogP contribution in [0, 0.1) is 12.8 Å². The second-order valence-electron chi connectivity index (χ2n) is 10.3. The fourth-order valence-electron chi connectivity index (χ4n) is 4.82. The van der Waals surface area contributed by atoms with Crippen LogP contribution in [-0.2, 0) is 4.74 Å². The topological polar surface area (TPSA) is 92.0 Å². The number of carbonyl (C=O) groups excluding carboxylic acids is 2. The smallest absolute Gasteiger partial charge is 0.337 e. The molecule has 0 N–H and O–H groups in total. The van der Waals surface area contributed by atoms with Crippen LogP contribution in [0.4, 0.5) is 0 Å². The maximum Gasteiger partial charge on any atom is 0.337 e. The summed E-state index contributed by atoms with van der Waals surface area (Å²) in [6.45, 7) is 6.22. The quantitative estimate of drug-likeness (QED) is 0.181. The van der Waals surface area contributed by atoms with Crippen LogP contribution in [0.1, 0.15) is 77.4 Å². The number of nitrogens with zero attached hydrogens (tertiary/aromatic N) is 3. The number of hydrogen-bond donors (Lipinski definition) is 0. The number of esters is 1. The number of aromatic nitrogens is 3. The van der Waals surface area contributed by atoms with E-state index in [1.165, 1.54) is 26.4 Å². The first-order valence-corrected chi connectivity index (χ1v) is 13.5. The molecule has 1 aliphatic carbocycles. The Hall–Kier alpha value is -4.20. The van der Waals surface area contributed by atoms with Gasteiger partial charge in [-0.2, -0.15) is 5.10 Å². The summed E-state index contributed by atoms with van der Waals surface area (Å²) in [4.78, 5) is 29.3. The van der Waals surface area contributed by atoms with Gasteiger partial charge in [-0.1, -0.05) is 39.2 Å². The van der Waals surface area contributed by atoms with Crippen molar-refractivity contribution in [3.63, 3.8) is 0 Å². The van der Waals surface area contributed by atoms with Crippen LogP contribution < -0.4 is 9.47 Å². The molecule has 0 bridgehead atoms. The van der Waals surface area contributed by atoms with E-state index in [0.29, 0.717) is 28.4 Å². The molecule has 210 valence electrons. The highest BCUT2D eigenvalue weighted by Gasteiger charge is 2.20. The van der Waals surface area contributed by atoms with E-state index < -0.39 is 0 Å². The summed E-state index contributed by atoms with van der Waals surface area (Å²) >= 11 is 0. The lowest BCUT2D eigenvalue weighted by Gasteiger charge is -2.18. The molecule has 0 saturated heterocycles. The number of aryl methyl sites for hydroxylation is 1. The van der Waals surface area contributed by atoms with Crippen LogP contribution in [0.15, 0.2) is 54.7 Å². The number of Topliss-reactive ketones (excluding diaryl/α,β-unsaturated/α-hetero) is 1. The van der Waals surface area contributed by atoms with Gasteiger partial charge in [-0.25, -0.2) is 14.3 Å². The van der Waals surface area contributed by atoms with Crippen molar-refractivity contribution >= 4 is 17.4 Å². The first-order chi connectivity index (χ1) is 19.2. The third-order valence-electron chi connectivity index (χ3n) is 7.43. The van der Waals surface area contributed by atoms with Crippen molar-refractivity contribution in [1.29, 1.82) is 0 Å². The lowest BCUT2D eigenvalue weighted by atomic mass is 9.88. The normalized spacial score (nSPS) is 13.6. The number of carbonyl (C=O) groups is 2. The summed E-state index contributed by atoms with van der Waals surface area (Å²) in [6.07, 6.45) is 6.42. The van der Waals surface area contributed by atoms with Crippen molar-refractivity contribution < 1.29 is 23.8 Å². The van der Waals surface area contributed by atoms with Gasteiger partial charge in [0.1, 0.15) is 5.69 Å². The van der Waals surface area contributed by atoms with Crippen LogP contribution in [0.5, 0.6) is 11.5 Å². The number of fused-ring (bicyclic) bond motifs is 1. The number of ketones is 1. The maximum absolute atomic E-state index is 13.1. The second kappa shape index (κ2) is 12.8. The first kappa shape index (κ1) is 28.8. The summed E-state index contributed by atoms with van der Waals surface area (Å²) < 4.78 is 17.2. The highest BCUT2D eigenvalue weighted by Crippen LogP contribution is 2.32. The van der Waals surface area contributed by atoms with Crippen molar-refractivity contribution in [1.82, 2.24) is 14.6 Å². The zero-order valence-electron chi connectivity index (χ0n) is 24.1. The summed E-state index contributed by atoms with van der Waals surface area (Å²) in [6, 6.07) is 14.5. The average molecular weight is 544 g/mol. The van der Waals surface area contributed by atoms with Gasteiger partial charge < -0.3 is 14.2 Å². The van der Waals surface area contributed by atoms with Crippen LogP contribution in [0.3, 0.4) is 0 Å². The largest absolute Gasteiger partial charge is 0.493 e. The minimum Gasteiger partial charge on any atom is -0.493 e. The summed E-state index contributed by atoms with van der Waals surface area (Å²) in [5.74, 6) is 1.76. The molecule has 2 aromatic carbocycles. The zero-order chi connectivity index (χ0) is 28.8. The van der Waals surface area contributed by atoms with Crippen molar-refractivity contribution in [3.05, 3.63) is 77.1 Å². The van der Waals surface area contributed by atoms with E-state index in [9.17, 15) is 9.59 Å². The van der Waals surface area contributed by atoms with E-state index in [2.05, 4.69) is 17.0 Å². The van der Waals surface area contributed by atoms with Gasteiger partial charge in [0.15, 0.2) is 22.9 Å². The lowest BCUT2D eigenvalue weighted by Crippen LogP contribution is -2.08. The van der Waals surface area contributed by atoms with Gasteiger partial charge in [-0.15, -0.1) is 0 Å². The third kappa shape index (κ3) is 6.33. The van der Waals surface area contributed by atoms with Crippen molar-refractivity contribution in [2.45, 2.75) is 52.4 Å². The number of methoxy groups -OCH3 is 3. The number of ether oxygens (including phenoxy) is 3. The summed E-state index contributed by atoms with van der Waals surface area (Å²) in [5, 5.41) is 4.58. The Labute approximate surface area is 235 Å². The Morgan fingerprint density at radius 3 is 2.33 bits per heavy atom. The highest BCUT2D eigenvalue weighted by molar-refractivity contribution is 5.96. The fourth-order valence-corrected chi connectivity index (χ4v) is 4.82. The minimum atomic E-state index is -0.383. The monoisotopic (exact) mass is 543 g/mol. The number of hydrogen-bond acceptors (Lipinski definition) is 7. The molecule has 2 aromatic heterocycles. The molecule has 1 fully saturated rings. The number of rotatable bonds is 8. The van der Waals surface area contributed by atoms with Crippen LogP contribution >= 0.6 is 0 Å². The highest BCUT2D eigenvalue weighted by atomic mass is 16.5. The lowest BCUT2D eigenvalue weighted by molar-refractivity contribution is 0.0600. The Kier molecular flexibility index (Phi) is 9.19. The van der Waals surface area contributed by atoms with Gasteiger partial charge in [0.05, 0.1) is 32.6 Å². The van der Waals surface area contributed by atoms with Gasteiger partial charge in [0.2, 0.25) is 0 Å². The molecule has 4 aromatic rings. The number of benzene rings is 2. The molecule has 0 radical (unpaired) electrons. The van der Waals surface area contributed by atoms with E-state index in [1.807, 2.05) is 44.2 Å². The molecule has 2 heterocycles. The fraction of sp³-hybridized carbons (Fsp3) is 0.375. The Morgan fingerprint density at radius 2 is 1.73 bits per heavy atom. The molecular weight excluding hydrogens is 506 g/mol. The van der Waals surface area contributed by atoms with E-state index in [0.717, 1.165) is 28.3 Å². The predicted molar refractivity (Wildman–Crippen MR) is 154 cm³/mol. The van der Waals surface area contributed by atoms with Gasteiger partial charge in [0.25, 0.3) is 0 Å². The molecule has 8 heteroatoms. The van der Waals surface area contributed by atoms with Gasteiger partial charge >= 0.3 is 5.97 Å². The van der Waals surface area contributed by atoms with Gasteiger partial charge in [-0.3, -0.25) is 4.79 Å². The van der Waals surface area contributed by atoms with Crippen LogP contribution in [0.25, 0.3) is 16.9 Å².